The molecule has 170 valence electrons. The largest absolute Gasteiger partial charge is 0.492 e. The summed E-state index contributed by atoms with van der Waals surface area (Å²) in [5, 5.41) is 6.60. The first-order valence-electron chi connectivity index (χ1n) is 11.1. The van der Waals surface area contributed by atoms with Gasteiger partial charge >= 0.3 is 0 Å². The smallest absolute Gasteiger partial charge is 0.255 e. The Bertz CT molecular complexity index is 1120. The van der Waals surface area contributed by atoms with Crippen LogP contribution in [0.1, 0.15) is 34.8 Å². The fourth-order valence-electron chi connectivity index (χ4n) is 3.91. The van der Waals surface area contributed by atoms with Crippen LogP contribution in [-0.4, -0.2) is 24.5 Å². The van der Waals surface area contributed by atoms with E-state index in [9.17, 15) is 9.59 Å². The summed E-state index contributed by atoms with van der Waals surface area (Å²) in [7, 11) is 0. The van der Waals surface area contributed by atoms with Crippen molar-refractivity contribution in [2.75, 3.05) is 11.9 Å². The minimum Gasteiger partial charge on any atom is -0.492 e. The van der Waals surface area contributed by atoms with Crippen LogP contribution in [0.5, 0.6) is 5.75 Å². The van der Waals surface area contributed by atoms with E-state index in [-0.39, 0.29) is 23.8 Å². The Morgan fingerprint density at radius 3 is 2.58 bits per heavy atom. The number of benzene rings is 3. The lowest BCUT2D eigenvalue weighted by Crippen LogP contribution is -2.41. The topological polar surface area (TPSA) is 67.4 Å². The maximum Gasteiger partial charge on any atom is 0.255 e. The van der Waals surface area contributed by atoms with E-state index in [4.69, 9.17) is 16.3 Å². The highest BCUT2D eigenvalue weighted by Gasteiger charge is 2.27. The van der Waals surface area contributed by atoms with Gasteiger partial charge in [0.15, 0.2) is 0 Å². The second-order valence-electron chi connectivity index (χ2n) is 8.43. The van der Waals surface area contributed by atoms with Gasteiger partial charge in [0.25, 0.3) is 5.91 Å². The van der Waals surface area contributed by atoms with E-state index >= 15 is 0 Å². The lowest BCUT2D eigenvalue weighted by molar-refractivity contribution is -0.126. The summed E-state index contributed by atoms with van der Waals surface area (Å²) in [5.41, 5.74) is 3.36. The fraction of sp³-hybridized carbons (Fsp3) is 0.259. The molecule has 1 aliphatic rings. The number of nitrogens with one attached hydrogen (secondary N) is 2. The Labute approximate surface area is 199 Å². The predicted molar refractivity (Wildman–Crippen MR) is 131 cm³/mol. The third kappa shape index (κ3) is 6.14. The molecule has 0 unspecified atom stereocenters. The second kappa shape index (κ2) is 10.5. The van der Waals surface area contributed by atoms with Crippen molar-refractivity contribution in [3.8, 4) is 5.75 Å². The number of ether oxygens (including phenoxy) is 1. The normalized spacial score (nSPS) is 15.6. The molecule has 0 fully saturated rings. The number of carbonyl (C=O) groups excluding carboxylic acids is 2. The average Bonchev–Trinajstić information content (AvgIpc) is 2.83. The Morgan fingerprint density at radius 2 is 1.82 bits per heavy atom. The molecule has 2 amide bonds. The molecule has 0 radical (unpaired) electrons. The molecule has 6 heteroatoms. The first kappa shape index (κ1) is 22.9. The number of hydrogen-bond donors (Lipinski definition) is 2. The molecule has 1 heterocycles. The highest BCUT2D eigenvalue weighted by atomic mass is 35.5. The van der Waals surface area contributed by atoms with Crippen molar-refractivity contribution in [1.29, 1.82) is 0 Å². The average molecular weight is 463 g/mol. The van der Waals surface area contributed by atoms with Crippen molar-refractivity contribution in [1.82, 2.24) is 5.32 Å². The first-order valence-corrected chi connectivity index (χ1v) is 11.5. The van der Waals surface area contributed by atoms with Crippen LogP contribution in [0.25, 0.3) is 0 Å². The molecule has 33 heavy (non-hydrogen) atoms. The van der Waals surface area contributed by atoms with Gasteiger partial charge in [0.2, 0.25) is 5.91 Å². The maximum absolute atomic E-state index is 12.8. The highest BCUT2D eigenvalue weighted by molar-refractivity contribution is 6.30. The zero-order valence-corrected chi connectivity index (χ0v) is 19.3. The van der Waals surface area contributed by atoms with Gasteiger partial charge in [-0.05, 0) is 79.8 Å². The molecule has 0 spiro atoms. The van der Waals surface area contributed by atoms with Crippen LogP contribution in [0.4, 0.5) is 5.69 Å². The van der Waals surface area contributed by atoms with E-state index in [1.54, 1.807) is 30.3 Å². The summed E-state index contributed by atoms with van der Waals surface area (Å²) < 4.78 is 5.84. The number of fused-ring (bicyclic) bond motifs is 1. The number of halogens is 1. The van der Waals surface area contributed by atoms with Crippen molar-refractivity contribution in [3.63, 3.8) is 0 Å². The highest BCUT2D eigenvalue weighted by Crippen LogP contribution is 2.30. The van der Waals surface area contributed by atoms with E-state index < -0.39 is 0 Å². The standard InChI is InChI=1S/C27H27ClN2O3/c1-18(7-8-19-5-3-2-4-6-19)29-27(32)22-15-21-16-24(13-14-25(21)33-17-22)30-26(31)20-9-11-23(28)12-10-20/h2-6,9-14,16,18,22H,7-8,15,17H2,1H3,(H,29,32)(H,30,31)/t18-,22-/m1/s1. The minimum atomic E-state index is -0.265. The van der Waals surface area contributed by atoms with E-state index in [0.29, 0.717) is 29.3 Å². The molecule has 3 aromatic rings. The Hall–Kier alpha value is -3.31. The molecule has 3 aromatic carbocycles. The molecule has 0 bridgehead atoms. The summed E-state index contributed by atoms with van der Waals surface area (Å²) >= 11 is 5.89. The van der Waals surface area contributed by atoms with Crippen LogP contribution in [0, 0.1) is 5.92 Å². The number of aryl methyl sites for hydroxylation is 1. The van der Waals surface area contributed by atoms with Gasteiger partial charge in [0.1, 0.15) is 12.4 Å². The summed E-state index contributed by atoms with van der Waals surface area (Å²) in [4.78, 5) is 25.3. The van der Waals surface area contributed by atoms with Crippen LogP contribution >= 0.6 is 11.6 Å². The van der Waals surface area contributed by atoms with Gasteiger partial charge in [-0.3, -0.25) is 9.59 Å². The van der Waals surface area contributed by atoms with Gasteiger partial charge in [0.05, 0.1) is 5.92 Å². The quantitative estimate of drug-likeness (QED) is 0.502. The number of hydrogen-bond acceptors (Lipinski definition) is 3. The molecule has 2 N–H and O–H groups in total. The molecule has 5 nitrogen and oxygen atoms in total. The van der Waals surface area contributed by atoms with Gasteiger partial charge in [-0.25, -0.2) is 0 Å². The van der Waals surface area contributed by atoms with Gasteiger partial charge in [-0.2, -0.15) is 0 Å². The fourth-order valence-corrected chi connectivity index (χ4v) is 4.03. The summed E-state index contributed by atoms with van der Waals surface area (Å²) in [6.07, 6.45) is 2.36. The lowest BCUT2D eigenvalue weighted by Gasteiger charge is -2.26. The van der Waals surface area contributed by atoms with Gasteiger partial charge in [-0.15, -0.1) is 0 Å². The molecule has 0 aromatic heterocycles. The molecular weight excluding hydrogens is 436 g/mol. The van der Waals surface area contributed by atoms with Gasteiger partial charge in [-0.1, -0.05) is 41.9 Å². The lowest BCUT2D eigenvalue weighted by atomic mass is 9.95. The molecule has 0 saturated carbocycles. The van der Waals surface area contributed by atoms with Crippen LogP contribution < -0.4 is 15.4 Å². The van der Waals surface area contributed by atoms with Crippen LogP contribution in [0.15, 0.2) is 72.8 Å². The van der Waals surface area contributed by atoms with E-state index in [1.807, 2.05) is 37.3 Å². The molecule has 4 rings (SSSR count). The van der Waals surface area contributed by atoms with Crippen molar-refractivity contribution in [2.45, 2.75) is 32.2 Å². The van der Waals surface area contributed by atoms with Gasteiger partial charge < -0.3 is 15.4 Å². The third-order valence-corrected chi connectivity index (χ3v) is 6.05. The summed E-state index contributed by atoms with van der Waals surface area (Å²) in [6.45, 7) is 2.38. The summed E-state index contributed by atoms with van der Waals surface area (Å²) in [5.74, 6) is 0.265. The zero-order chi connectivity index (χ0) is 23.2. The van der Waals surface area contributed by atoms with Crippen molar-refractivity contribution >= 4 is 29.1 Å². The van der Waals surface area contributed by atoms with E-state index in [0.717, 1.165) is 24.2 Å². The van der Waals surface area contributed by atoms with E-state index in [1.165, 1.54) is 5.56 Å². The molecule has 0 saturated heterocycles. The zero-order valence-electron chi connectivity index (χ0n) is 18.5. The minimum absolute atomic E-state index is 0.00295. The Balaban J connectivity index is 1.33. The van der Waals surface area contributed by atoms with Crippen molar-refractivity contribution in [3.05, 3.63) is 94.5 Å². The Morgan fingerprint density at radius 1 is 1.06 bits per heavy atom. The number of carbonyl (C=O) groups is 2. The van der Waals surface area contributed by atoms with Gasteiger partial charge in [0, 0.05) is 22.3 Å². The van der Waals surface area contributed by atoms with Crippen LogP contribution in [0.3, 0.4) is 0 Å². The maximum atomic E-state index is 12.8. The molecule has 2 atom stereocenters. The van der Waals surface area contributed by atoms with Crippen molar-refractivity contribution in [2.24, 2.45) is 5.92 Å². The first-order chi connectivity index (χ1) is 16.0. The second-order valence-corrected chi connectivity index (χ2v) is 8.87. The third-order valence-electron chi connectivity index (χ3n) is 5.80. The SMILES string of the molecule is C[C@H](CCc1ccccc1)NC(=O)[C@H]1COc2ccc(NC(=O)c3ccc(Cl)cc3)cc2C1. The number of anilines is 1. The number of amides is 2. The summed E-state index contributed by atoms with van der Waals surface area (Å²) in [6, 6.07) is 22.6. The molecule has 0 aliphatic carbocycles. The molecule has 1 aliphatic heterocycles. The van der Waals surface area contributed by atoms with Crippen molar-refractivity contribution < 1.29 is 14.3 Å². The molecular formula is C27H27ClN2O3. The predicted octanol–water partition coefficient (Wildman–Crippen LogP) is 5.28. The monoisotopic (exact) mass is 462 g/mol. The van der Waals surface area contributed by atoms with Crippen LogP contribution in [0.2, 0.25) is 5.02 Å². The number of rotatable bonds is 7. The van der Waals surface area contributed by atoms with E-state index in [2.05, 4.69) is 22.8 Å². The Kier molecular flexibility index (Phi) is 7.30. The van der Waals surface area contributed by atoms with Crippen LogP contribution in [-0.2, 0) is 17.6 Å².